The van der Waals surface area contributed by atoms with Gasteiger partial charge in [-0.2, -0.15) is 0 Å². The van der Waals surface area contributed by atoms with E-state index < -0.39 is 0 Å². The van der Waals surface area contributed by atoms with Crippen molar-refractivity contribution in [3.63, 3.8) is 0 Å². The predicted molar refractivity (Wildman–Crippen MR) is 56.9 cm³/mol. The summed E-state index contributed by atoms with van der Waals surface area (Å²) >= 11 is 0. The fourth-order valence-corrected chi connectivity index (χ4v) is 1.85. The maximum atomic E-state index is 11.5. The second kappa shape index (κ2) is 4.56. The zero-order valence-electron chi connectivity index (χ0n) is 9.08. The Morgan fingerprint density at radius 3 is 2.79 bits per heavy atom. The highest BCUT2D eigenvalue weighted by molar-refractivity contribution is 5.97. The van der Waals surface area contributed by atoms with Crippen molar-refractivity contribution >= 4 is 5.78 Å². The van der Waals surface area contributed by atoms with Crippen LogP contribution >= 0.6 is 0 Å². The van der Waals surface area contributed by atoms with Gasteiger partial charge in [0.2, 0.25) is 0 Å². The normalized spacial score (nSPS) is 25.8. The van der Waals surface area contributed by atoms with Crippen molar-refractivity contribution in [3.05, 3.63) is 23.3 Å². The molecule has 0 aromatic heterocycles. The van der Waals surface area contributed by atoms with Crippen LogP contribution in [0.3, 0.4) is 0 Å². The maximum absolute atomic E-state index is 11.5. The molecule has 14 heavy (non-hydrogen) atoms. The SMILES string of the molecule is CC1=C/C(=C\CO)C(C(C)C)CC1=O. The molecule has 0 radical (unpaired) electrons. The number of hydrogen-bond donors (Lipinski definition) is 1. The molecule has 1 unspecified atom stereocenters. The van der Waals surface area contributed by atoms with Gasteiger partial charge in [-0.1, -0.05) is 26.0 Å². The standard InChI is InChI=1S/C12H18O2/c1-8(2)11-7-12(14)9(3)6-10(11)4-5-13/h4,6,8,11,13H,5,7H2,1-3H3/b10-4+. The van der Waals surface area contributed by atoms with Crippen molar-refractivity contribution in [2.75, 3.05) is 6.61 Å². The summed E-state index contributed by atoms with van der Waals surface area (Å²) in [6, 6.07) is 0. The minimum atomic E-state index is 0.0521. The van der Waals surface area contributed by atoms with E-state index in [0.717, 1.165) is 11.1 Å². The fraction of sp³-hybridized carbons (Fsp3) is 0.583. The molecule has 0 aromatic rings. The average molecular weight is 194 g/mol. The van der Waals surface area contributed by atoms with E-state index >= 15 is 0 Å². The second-order valence-corrected chi connectivity index (χ2v) is 4.19. The summed E-state index contributed by atoms with van der Waals surface area (Å²) in [6.45, 7) is 6.11. The Balaban J connectivity index is 2.98. The minimum absolute atomic E-state index is 0.0521. The summed E-state index contributed by atoms with van der Waals surface area (Å²) in [5.74, 6) is 0.957. The van der Waals surface area contributed by atoms with E-state index in [1.165, 1.54) is 0 Å². The third kappa shape index (κ3) is 2.32. The van der Waals surface area contributed by atoms with Gasteiger partial charge < -0.3 is 5.11 Å². The smallest absolute Gasteiger partial charge is 0.159 e. The molecule has 0 amide bonds. The number of carbonyl (C=O) groups excluding carboxylic acids is 1. The van der Waals surface area contributed by atoms with Gasteiger partial charge in [-0.05, 0) is 29.9 Å². The molecule has 0 saturated heterocycles. The lowest BCUT2D eigenvalue weighted by molar-refractivity contribution is -0.116. The van der Waals surface area contributed by atoms with Crippen LogP contribution in [0.15, 0.2) is 23.3 Å². The van der Waals surface area contributed by atoms with Gasteiger partial charge in [0, 0.05) is 6.42 Å². The topological polar surface area (TPSA) is 37.3 Å². The van der Waals surface area contributed by atoms with Crippen molar-refractivity contribution in [2.45, 2.75) is 27.2 Å². The molecule has 1 N–H and O–H groups in total. The Morgan fingerprint density at radius 1 is 1.64 bits per heavy atom. The first-order valence-corrected chi connectivity index (χ1v) is 5.08. The first-order valence-electron chi connectivity index (χ1n) is 5.08. The van der Waals surface area contributed by atoms with Crippen molar-refractivity contribution in [1.29, 1.82) is 0 Å². The molecule has 0 spiro atoms. The molecular formula is C12H18O2. The van der Waals surface area contributed by atoms with Crippen molar-refractivity contribution in [3.8, 4) is 0 Å². The van der Waals surface area contributed by atoms with Gasteiger partial charge in [0.05, 0.1) is 6.61 Å². The van der Waals surface area contributed by atoms with Crippen LogP contribution in [0.25, 0.3) is 0 Å². The second-order valence-electron chi connectivity index (χ2n) is 4.19. The summed E-state index contributed by atoms with van der Waals surface area (Å²) in [4.78, 5) is 11.5. The first-order chi connectivity index (χ1) is 6.56. The summed E-state index contributed by atoms with van der Waals surface area (Å²) in [7, 11) is 0. The van der Waals surface area contributed by atoms with Crippen LogP contribution in [0.1, 0.15) is 27.2 Å². The lowest BCUT2D eigenvalue weighted by atomic mass is 9.78. The first kappa shape index (κ1) is 11.2. The minimum Gasteiger partial charge on any atom is -0.392 e. The van der Waals surface area contributed by atoms with Crippen LogP contribution in [-0.4, -0.2) is 17.5 Å². The average Bonchev–Trinajstić information content (AvgIpc) is 2.11. The number of hydrogen-bond acceptors (Lipinski definition) is 2. The van der Waals surface area contributed by atoms with Crippen LogP contribution in [0.5, 0.6) is 0 Å². The molecule has 0 heterocycles. The molecule has 0 saturated carbocycles. The number of allylic oxidation sites excluding steroid dienone is 3. The molecule has 0 aromatic carbocycles. The number of rotatable bonds is 2. The van der Waals surface area contributed by atoms with E-state index in [1.54, 1.807) is 6.08 Å². The number of ketones is 1. The molecule has 2 nitrogen and oxygen atoms in total. The Morgan fingerprint density at radius 2 is 2.29 bits per heavy atom. The zero-order chi connectivity index (χ0) is 10.7. The van der Waals surface area contributed by atoms with Gasteiger partial charge in [0.1, 0.15) is 0 Å². The summed E-state index contributed by atoms with van der Waals surface area (Å²) in [5, 5.41) is 8.88. The number of aliphatic hydroxyl groups excluding tert-OH is 1. The van der Waals surface area contributed by atoms with Gasteiger partial charge >= 0.3 is 0 Å². The van der Waals surface area contributed by atoms with Crippen LogP contribution in [0.2, 0.25) is 0 Å². The van der Waals surface area contributed by atoms with E-state index in [1.807, 2.05) is 13.0 Å². The molecule has 1 aliphatic rings. The third-order valence-electron chi connectivity index (χ3n) is 2.79. The molecule has 0 bridgehead atoms. The van der Waals surface area contributed by atoms with E-state index in [-0.39, 0.29) is 18.3 Å². The van der Waals surface area contributed by atoms with Crippen molar-refractivity contribution in [2.24, 2.45) is 11.8 Å². The largest absolute Gasteiger partial charge is 0.392 e. The van der Waals surface area contributed by atoms with E-state index in [0.29, 0.717) is 12.3 Å². The lowest BCUT2D eigenvalue weighted by Gasteiger charge is -2.26. The van der Waals surface area contributed by atoms with Gasteiger partial charge in [-0.15, -0.1) is 0 Å². The lowest BCUT2D eigenvalue weighted by Crippen LogP contribution is -2.21. The molecular weight excluding hydrogens is 176 g/mol. The Bertz CT molecular complexity index is 285. The highest BCUT2D eigenvalue weighted by Crippen LogP contribution is 2.31. The van der Waals surface area contributed by atoms with Crippen LogP contribution < -0.4 is 0 Å². The van der Waals surface area contributed by atoms with Gasteiger partial charge in [0.15, 0.2) is 5.78 Å². The molecule has 2 heteroatoms. The van der Waals surface area contributed by atoms with E-state index in [9.17, 15) is 4.79 Å². The zero-order valence-corrected chi connectivity index (χ0v) is 9.08. The van der Waals surface area contributed by atoms with Gasteiger partial charge in [-0.3, -0.25) is 4.79 Å². The Labute approximate surface area is 85.3 Å². The highest BCUT2D eigenvalue weighted by Gasteiger charge is 2.25. The van der Waals surface area contributed by atoms with E-state index in [4.69, 9.17) is 5.11 Å². The summed E-state index contributed by atoms with van der Waals surface area (Å²) in [6.07, 6.45) is 4.30. The quantitative estimate of drug-likeness (QED) is 0.731. The van der Waals surface area contributed by atoms with Crippen LogP contribution in [0.4, 0.5) is 0 Å². The Hall–Kier alpha value is -0.890. The molecule has 1 rings (SSSR count). The third-order valence-corrected chi connectivity index (χ3v) is 2.79. The number of Topliss-reactive ketones (excluding diaryl/α,β-unsaturated/α-hetero) is 1. The number of carbonyl (C=O) groups is 1. The summed E-state index contributed by atoms with van der Waals surface area (Å²) in [5.41, 5.74) is 1.92. The van der Waals surface area contributed by atoms with Gasteiger partial charge in [-0.25, -0.2) is 0 Å². The van der Waals surface area contributed by atoms with Crippen molar-refractivity contribution in [1.82, 2.24) is 0 Å². The van der Waals surface area contributed by atoms with Gasteiger partial charge in [0.25, 0.3) is 0 Å². The molecule has 1 aliphatic carbocycles. The molecule has 1 atom stereocenters. The van der Waals surface area contributed by atoms with Crippen LogP contribution in [-0.2, 0) is 4.79 Å². The maximum Gasteiger partial charge on any atom is 0.159 e. The molecule has 78 valence electrons. The summed E-state index contributed by atoms with van der Waals surface area (Å²) < 4.78 is 0. The van der Waals surface area contributed by atoms with E-state index in [2.05, 4.69) is 13.8 Å². The monoisotopic (exact) mass is 194 g/mol. The Kier molecular flexibility index (Phi) is 3.64. The molecule has 0 fully saturated rings. The highest BCUT2D eigenvalue weighted by atomic mass is 16.2. The molecule has 0 aliphatic heterocycles. The predicted octanol–water partition coefficient (Wildman–Crippen LogP) is 2.10. The van der Waals surface area contributed by atoms with Crippen molar-refractivity contribution < 1.29 is 9.90 Å². The fourth-order valence-electron chi connectivity index (χ4n) is 1.85. The number of aliphatic hydroxyl groups is 1. The van der Waals surface area contributed by atoms with Crippen LogP contribution in [0, 0.1) is 11.8 Å².